The number of hydrogen-bond donors (Lipinski definition) is 0. The molecule has 0 aromatic carbocycles. The molecule has 0 saturated carbocycles. The molecule has 0 saturated heterocycles. The van der Waals surface area contributed by atoms with Crippen LogP contribution in [0.2, 0.25) is 0 Å². The SMILES string of the molecule is Cc1csc(-c2cn3cccc(C=O)c3n2)n1. The topological polar surface area (TPSA) is 47.3 Å². The van der Waals surface area contributed by atoms with Gasteiger partial charge in [-0.15, -0.1) is 11.3 Å². The van der Waals surface area contributed by atoms with Crippen molar-refractivity contribution in [1.82, 2.24) is 14.4 Å². The molecular formula is C12H9N3OS. The molecule has 17 heavy (non-hydrogen) atoms. The van der Waals surface area contributed by atoms with Crippen molar-refractivity contribution in [3.05, 3.63) is 41.2 Å². The maximum atomic E-state index is 10.9. The van der Waals surface area contributed by atoms with E-state index in [0.717, 1.165) is 22.7 Å². The third-order valence-electron chi connectivity index (χ3n) is 2.48. The average molecular weight is 243 g/mol. The highest BCUT2D eigenvalue weighted by Gasteiger charge is 2.09. The predicted octanol–water partition coefficient (Wildman–Crippen LogP) is 2.58. The highest BCUT2D eigenvalue weighted by molar-refractivity contribution is 7.13. The fourth-order valence-electron chi connectivity index (χ4n) is 1.70. The van der Waals surface area contributed by atoms with Crippen LogP contribution in [0.4, 0.5) is 0 Å². The van der Waals surface area contributed by atoms with Gasteiger partial charge in [0.15, 0.2) is 6.29 Å². The van der Waals surface area contributed by atoms with Crippen LogP contribution in [0.1, 0.15) is 16.1 Å². The first-order valence-corrected chi connectivity index (χ1v) is 6.01. The number of fused-ring (bicyclic) bond motifs is 1. The number of thiazole rings is 1. The summed E-state index contributed by atoms with van der Waals surface area (Å²) in [5, 5.41) is 2.86. The zero-order valence-electron chi connectivity index (χ0n) is 9.12. The molecule has 0 unspecified atom stereocenters. The molecule has 3 aromatic rings. The molecule has 0 aliphatic carbocycles. The Morgan fingerprint density at radius 1 is 1.41 bits per heavy atom. The van der Waals surface area contributed by atoms with E-state index in [2.05, 4.69) is 9.97 Å². The lowest BCUT2D eigenvalue weighted by atomic mass is 10.3. The van der Waals surface area contributed by atoms with E-state index >= 15 is 0 Å². The van der Waals surface area contributed by atoms with Crippen LogP contribution in [0.25, 0.3) is 16.3 Å². The fourth-order valence-corrected chi connectivity index (χ4v) is 2.45. The quantitative estimate of drug-likeness (QED) is 0.650. The van der Waals surface area contributed by atoms with Crippen molar-refractivity contribution < 1.29 is 4.79 Å². The van der Waals surface area contributed by atoms with Crippen LogP contribution in [-0.2, 0) is 0 Å². The summed E-state index contributed by atoms with van der Waals surface area (Å²) in [4.78, 5) is 19.7. The lowest BCUT2D eigenvalue weighted by molar-refractivity contribution is 0.112. The zero-order valence-corrected chi connectivity index (χ0v) is 9.94. The second-order valence-electron chi connectivity index (χ2n) is 3.73. The molecule has 3 aromatic heterocycles. The molecule has 0 aliphatic rings. The molecule has 0 amide bonds. The lowest BCUT2D eigenvalue weighted by Gasteiger charge is -1.93. The normalized spacial score (nSPS) is 10.9. The smallest absolute Gasteiger partial charge is 0.153 e. The van der Waals surface area contributed by atoms with E-state index in [4.69, 9.17) is 0 Å². The van der Waals surface area contributed by atoms with Gasteiger partial charge in [0.25, 0.3) is 0 Å². The number of carbonyl (C=O) groups excluding carboxylic acids is 1. The van der Waals surface area contributed by atoms with E-state index in [1.165, 1.54) is 0 Å². The summed E-state index contributed by atoms with van der Waals surface area (Å²) >= 11 is 1.56. The Morgan fingerprint density at radius 2 is 2.29 bits per heavy atom. The highest BCUT2D eigenvalue weighted by Crippen LogP contribution is 2.23. The minimum atomic E-state index is 0.590. The zero-order chi connectivity index (χ0) is 11.8. The molecule has 0 radical (unpaired) electrons. The van der Waals surface area contributed by atoms with Crippen LogP contribution < -0.4 is 0 Å². The van der Waals surface area contributed by atoms with Gasteiger partial charge in [-0.3, -0.25) is 4.79 Å². The molecule has 5 heteroatoms. The Labute approximate surface area is 102 Å². The van der Waals surface area contributed by atoms with Crippen molar-refractivity contribution in [2.45, 2.75) is 6.92 Å². The molecule has 0 atom stereocenters. The van der Waals surface area contributed by atoms with Crippen molar-refractivity contribution in [2.24, 2.45) is 0 Å². The molecule has 0 fully saturated rings. The van der Waals surface area contributed by atoms with Gasteiger partial charge in [-0.1, -0.05) is 0 Å². The van der Waals surface area contributed by atoms with Crippen LogP contribution in [0.5, 0.6) is 0 Å². The van der Waals surface area contributed by atoms with Crippen molar-refractivity contribution in [3.8, 4) is 10.7 Å². The number of aldehydes is 1. The van der Waals surface area contributed by atoms with Crippen LogP contribution in [0, 0.1) is 6.92 Å². The van der Waals surface area contributed by atoms with Crippen molar-refractivity contribution in [3.63, 3.8) is 0 Å². The Hall–Kier alpha value is -2.01. The molecule has 0 N–H and O–H groups in total. The van der Waals surface area contributed by atoms with Gasteiger partial charge < -0.3 is 4.40 Å². The summed E-state index contributed by atoms with van der Waals surface area (Å²) in [6.07, 6.45) is 4.58. The highest BCUT2D eigenvalue weighted by atomic mass is 32.1. The summed E-state index contributed by atoms with van der Waals surface area (Å²) in [5.41, 5.74) is 3.05. The number of rotatable bonds is 2. The second kappa shape index (κ2) is 3.78. The lowest BCUT2D eigenvalue weighted by Crippen LogP contribution is -1.88. The van der Waals surface area contributed by atoms with Crippen molar-refractivity contribution in [1.29, 1.82) is 0 Å². The predicted molar refractivity (Wildman–Crippen MR) is 66.4 cm³/mol. The van der Waals surface area contributed by atoms with Gasteiger partial charge in [0.2, 0.25) is 0 Å². The molecular weight excluding hydrogens is 234 g/mol. The monoisotopic (exact) mass is 243 g/mol. The number of nitrogens with zero attached hydrogens (tertiary/aromatic N) is 3. The van der Waals surface area contributed by atoms with Gasteiger partial charge in [-0.2, -0.15) is 0 Å². The van der Waals surface area contributed by atoms with E-state index in [1.807, 2.05) is 35.2 Å². The molecule has 4 nitrogen and oxygen atoms in total. The number of pyridine rings is 1. The Balaban J connectivity index is 2.23. The number of aryl methyl sites for hydroxylation is 1. The van der Waals surface area contributed by atoms with Gasteiger partial charge in [0, 0.05) is 23.5 Å². The Bertz CT molecular complexity index is 699. The van der Waals surface area contributed by atoms with E-state index in [-0.39, 0.29) is 0 Å². The molecule has 0 aliphatic heterocycles. The summed E-state index contributed by atoms with van der Waals surface area (Å²) in [6.45, 7) is 1.95. The summed E-state index contributed by atoms with van der Waals surface area (Å²) in [6, 6.07) is 3.58. The summed E-state index contributed by atoms with van der Waals surface area (Å²) in [5.74, 6) is 0. The third-order valence-corrected chi connectivity index (χ3v) is 3.46. The average Bonchev–Trinajstić information content (AvgIpc) is 2.93. The van der Waals surface area contributed by atoms with Crippen LogP contribution >= 0.6 is 11.3 Å². The second-order valence-corrected chi connectivity index (χ2v) is 4.59. The van der Waals surface area contributed by atoms with Crippen molar-refractivity contribution >= 4 is 23.3 Å². The third kappa shape index (κ3) is 1.64. The Kier molecular flexibility index (Phi) is 2.26. The summed E-state index contributed by atoms with van der Waals surface area (Å²) < 4.78 is 1.84. The van der Waals surface area contributed by atoms with E-state index < -0.39 is 0 Å². The first-order chi connectivity index (χ1) is 8.28. The fraction of sp³-hybridized carbons (Fsp3) is 0.0833. The molecule has 84 valence electrons. The van der Waals surface area contributed by atoms with Gasteiger partial charge in [0.1, 0.15) is 16.3 Å². The van der Waals surface area contributed by atoms with Gasteiger partial charge in [0.05, 0.1) is 5.56 Å². The maximum absolute atomic E-state index is 10.9. The van der Waals surface area contributed by atoms with Crippen LogP contribution in [0.15, 0.2) is 29.9 Å². The minimum Gasteiger partial charge on any atom is -0.306 e. The van der Waals surface area contributed by atoms with E-state index in [9.17, 15) is 4.79 Å². The Morgan fingerprint density at radius 3 is 3.00 bits per heavy atom. The largest absolute Gasteiger partial charge is 0.306 e. The van der Waals surface area contributed by atoms with Gasteiger partial charge in [-0.25, -0.2) is 9.97 Å². The first-order valence-electron chi connectivity index (χ1n) is 5.13. The molecule has 0 bridgehead atoms. The van der Waals surface area contributed by atoms with E-state index in [1.54, 1.807) is 17.4 Å². The standard InChI is InChI=1S/C12H9N3OS/c1-8-7-17-12(13-8)10-5-15-4-2-3-9(6-16)11(15)14-10/h2-7H,1H3. The number of carbonyl (C=O) groups is 1. The van der Waals surface area contributed by atoms with Gasteiger partial charge >= 0.3 is 0 Å². The van der Waals surface area contributed by atoms with Crippen LogP contribution in [-0.4, -0.2) is 20.7 Å². The maximum Gasteiger partial charge on any atom is 0.153 e. The first kappa shape index (κ1) is 10.2. The summed E-state index contributed by atoms with van der Waals surface area (Å²) in [7, 11) is 0. The molecule has 3 heterocycles. The number of hydrogen-bond acceptors (Lipinski definition) is 4. The van der Waals surface area contributed by atoms with E-state index in [0.29, 0.717) is 11.2 Å². The number of aromatic nitrogens is 3. The minimum absolute atomic E-state index is 0.590. The molecule has 3 rings (SSSR count). The van der Waals surface area contributed by atoms with Crippen LogP contribution in [0.3, 0.4) is 0 Å². The van der Waals surface area contributed by atoms with Gasteiger partial charge in [-0.05, 0) is 19.1 Å². The van der Waals surface area contributed by atoms with Crippen molar-refractivity contribution in [2.75, 3.05) is 0 Å². The molecule has 0 spiro atoms. The number of imidazole rings is 1.